The Labute approximate surface area is 113 Å². The Morgan fingerprint density at radius 1 is 1.39 bits per heavy atom. The van der Waals surface area contributed by atoms with E-state index < -0.39 is 16.1 Å². The zero-order chi connectivity index (χ0) is 13.9. The van der Waals surface area contributed by atoms with E-state index in [2.05, 4.69) is 4.72 Å². The summed E-state index contributed by atoms with van der Waals surface area (Å²) in [6.07, 6.45) is -0.209. The van der Waals surface area contributed by atoms with E-state index in [-0.39, 0.29) is 16.0 Å². The molecule has 0 amide bonds. The monoisotopic (exact) mass is 291 g/mol. The van der Waals surface area contributed by atoms with E-state index >= 15 is 0 Å². The summed E-state index contributed by atoms with van der Waals surface area (Å²) in [7, 11) is -3.65. The van der Waals surface area contributed by atoms with Gasteiger partial charge in [0, 0.05) is 6.04 Å². The largest absolute Gasteiger partial charge is 0.393 e. The van der Waals surface area contributed by atoms with Gasteiger partial charge in [-0.3, -0.25) is 0 Å². The number of hydrogen-bond donors (Lipinski definition) is 2. The molecule has 2 unspecified atom stereocenters. The van der Waals surface area contributed by atoms with E-state index in [1.165, 1.54) is 6.07 Å². The average Bonchev–Trinajstić information content (AvgIpc) is 2.13. The van der Waals surface area contributed by atoms with E-state index in [0.717, 1.165) is 5.56 Å². The fourth-order valence-electron chi connectivity index (χ4n) is 1.71. The van der Waals surface area contributed by atoms with Crippen LogP contribution in [-0.4, -0.2) is 25.7 Å². The molecule has 18 heavy (non-hydrogen) atoms. The molecule has 2 N–H and O–H groups in total. The van der Waals surface area contributed by atoms with Crippen molar-refractivity contribution in [3.63, 3.8) is 0 Å². The Hall–Kier alpha value is -0.620. The van der Waals surface area contributed by atoms with Crippen LogP contribution in [0.15, 0.2) is 23.1 Å². The van der Waals surface area contributed by atoms with Crippen LogP contribution in [0.2, 0.25) is 5.02 Å². The Morgan fingerprint density at radius 2 is 2.00 bits per heavy atom. The van der Waals surface area contributed by atoms with Crippen molar-refractivity contribution in [1.29, 1.82) is 0 Å². The van der Waals surface area contributed by atoms with Crippen molar-refractivity contribution < 1.29 is 13.5 Å². The molecule has 0 radical (unpaired) electrons. The Balaban J connectivity index is 2.93. The molecular formula is C12H18ClNO3S. The second-order valence-electron chi connectivity index (χ2n) is 4.54. The number of nitrogens with one attached hydrogen (secondary N) is 1. The lowest BCUT2D eigenvalue weighted by molar-refractivity contribution is 0.175. The molecule has 0 bridgehead atoms. The van der Waals surface area contributed by atoms with E-state index in [9.17, 15) is 13.5 Å². The van der Waals surface area contributed by atoms with Crippen molar-refractivity contribution in [2.24, 2.45) is 0 Å². The second-order valence-corrected chi connectivity index (χ2v) is 6.63. The minimum absolute atomic E-state index is 0.0622. The van der Waals surface area contributed by atoms with Crippen molar-refractivity contribution in [1.82, 2.24) is 4.72 Å². The molecular weight excluding hydrogens is 274 g/mol. The number of benzene rings is 1. The molecule has 0 aromatic heterocycles. The average molecular weight is 292 g/mol. The maximum absolute atomic E-state index is 12.1. The van der Waals surface area contributed by atoms with Crippen molar-refractivity contribution in [2.75, 3.05) is 0 Å². The summed E-state index contributed by atoms with van der Waals surface area (Å²) in [5, 5.41) is 9.42. The molecule has 0 saturated heterocycles. The molecule has 0 aliphatic carbocycles. The predicted octanol–water partition coefficient (Wildman–Crippen LogP) is 2.09. The van der Waals surface area contributed by atoms with Gasteiger partial charge < -0.3 is 5.11 Å². The number of halogens is 1. The van der Waals surface area contributed by atoms with Crippen LogP contribution in [0.25, 0.3) is 0 Å². The summed E-state index contributed by atoms with van der Waals surface area (Å²) in [6, 6.07) is 4.43. The number of aliphatic hydroxyl groups is 1. The summed E-state index contributed by atoms with van der Waals surface area (Å²) >= 11 is 5.93. The first-order chi connectivity index (χ1) is 8.22. The predicted molar refractivity (Wildman–Crippen MR) is 72.3 cm³/mol. The Kier molecular flexibility index (Phi) is 5.16. The molecule has 6 heteroatoms. The lowest BCUT2D eigenvalue weighted by atomic mass is 10.2. The van der Waals surface area contributed by atoms with Crippen LogP contribution in [0.5, 0.6) is 0 Å². The van der Waals surface area contributed by atoms with Crippen LogP contribution >= 0.6 is 11.6 Å². The standard InChI is InChI=1S/C12H18ClNO3S/c1-8-4-5-12(11(13)6-8)18(16,17)14-9(2)7-10(3)15/h4-6,9-10,14-15H,7H2,1-3H3. The van der Waals surface area contributed by atoms with E-state index in [0.29, 0.717) is 6.42 Å². The summed E-state index contributed by atoms with van der Waals surface area (Å²) in [5.41, 5.74) is 0.899. The van der Waals surface area contributed by atoms with Gasteiger partial charge in [0.1, 0.15) is 4.90 Å². The van der Waals surface area contributed by atoms with Crippen LogP contribution in [0.1, 0.15) is 25.8 Å². The molecule has 0 spiro atoms. The molecule has 1 aromatic rings. The highest BCUT2D eigenvalue weighted by atomic mass is 35.5. The molecule has 2 atom stereocenters. The first kappa shape index (κ1) is 15.4. The van der Waals surface area contributed by atoms with E-state index in [1.54, 1.807) is 26.0 Å². The third-order valence-electron chi connectivity index (χ3n) is 2.43. The SMILES string of the molecule is Cc1ccc(S(=O)(=O)NC(C)CC(C)O)c(Cl)c1. The second kappa shape index (κ2) is 6.02. The molecule has 4 nitrogen and oxygen atoms in total. The van der Waals surface area contributed by atoms with Gasteiger partial charge in [0.2, 0.25) is 10.0 Å². The minimum Gasteiger partial charge on any atom is -0.393 e. The van der Waals surface area contributed by atoms with Gasteiger partial charge in [-0.25, -0.2) is 13.1 Å². The van der Waals surface area contributed by atoms with Gasteiger partial charge in [-0.05, 0) is 44.9 Å². The van der Waals surface area contributed by atoms with Gasteiger partial charge in [-0.1, -0.05) is 17.7 Å². The smallest absolute Gasteiger partial charge is 0.242 e. The van der Waals surface area contributed by atoms with Crippen LogP contribution in [0.3, 0.4) is 0 Å². The summed E-state index contributed by atoms with van der Waals surface area (Å²) in [5.74, 6) is 0. The van der Waals surface area contributed by atoms with Gasteiger partial charge in [0.15, 0.2) is 0 Å². The molecule has 0 heterocycles. The topological polar surface area (TPSA) is 66.4 Å². The zero-order valence-electron chi connectivity index (χ0n) is 10.6. The lowest BCUT2D eigenvalue weighted by Gasteiger charge is -2.16. The fourth-order valence-corrected chi connectivity index (χ4v) is 3.57. The first-order valence-corrected chi connectivity index (χ1v) is 7.55. The van der Waals surface area contributed by atoms with Gasteiger partial charge >= 0.3 is 0 Å². The Bertz CT molecular complexity index is 514. The maximum Gasteiger partial charge on any atom is 0.242 e. The first-order valence-electron chi connectivity index (χ1n) is 5.69. The third-order valence-corrected chi connectivity index (χ3v) is 4.50. The lowest BCUT2D eigenvalue weighted by Crippen LogP contribution is -2.34. The fraction of sp³-hybridized carbons (Fsp3) is 0.500. The summed E-state index contributed by atoms with van der Waals surface area (Å²) < 4.78 is 26.6. The maximum atomic E-state index is 12.1. The number of hydrogen-bond acceptors (Lipinski definition) is 3. The molecule has 1 aromatic carbocycles. The molecule has 1 rings (SSSR count). The van der Waals surface area contributed by atoms with Crippen LogP contribution in [0, 0.1) is 6.92 Å². The van der Waals surface area contributed by atoms with Crippen molar-refractivity contribution >= 4 is 21.6 Å². The van der Waals surface area contributed by atoms with Crippen LogP contribution < -0.4 is 4.72 Å². The zero-order valence-corrected chi connectivity index (χ0v) is 12.2. The summed E-state index contributed by atoms with van der Waals surface area (Å²) in [6.45, 7) is 5.15. The number of rotatable bonds is 5. The molecule has 0 fully saturated rings. The number of sulfonamides is 1. The molecule has 0 saturated carbocycles. The van der Waals surface area contributed by atoms with Crippen molar-refractivity contribution in [3.05, 3.63) is 28.8 Å². The molecule has 0 aliphatic rings. The van der Waals surface area contributed by atoms with E-state index in [4.69, 9.17) is 11.6 Å². The molecule has 102 valence electrons. The normalized spacial score (nSPS) is 15.4. The van der Waals surface area contributed by atoms with Gasteiger partial charge in [0.05, 0.1) is 11.1 Å². The van der Waals surface area contributed by atoms with E-state index in [1.807, 2.05) is 6.92 Å². The van der Waals surface area contributed by atoms with Crippen molar-refractivity contribution in [3.8, 4) is 0 Å². The number of aryl methyl sites for hydroxylation is 1. The van der Waals surface area contributed by atoms with Crippen LogP contribution in [0.4, 0.5) is 0 Å². The van der Waals surface area contributed by atoms with Crippen LogP contribution in [-0.2, 0) is 10.0 Å². The Morgan fingerprint density at radius 3 is 2.50 bits per heavy atom. The van der Waals surface area contributed by atoms with Gasteiger partial charge in [-0.2, -0.15) is 0 Å². The quantitative estimate of drug-likeness (QED) is 0.873. The molecule has 0 aliphatic heterocycles. The highest BCUT2D eigenvalue weighted by Crippen LogP contribution is 2.22. The highest BCUT2D eigenvalue weighted by molar-refractivity contribution is 7.89. The third kappa shape index (κ3) is 4.24. The summed E-state index contributed by atoms with van der Waals surface area (Å²) in [4.78, 5) is 0.0622. The van der Waals surface area contributed by atoms with Crippen molar-refractivity contribution in [2.45, 2.75) is 44.2 Å². The van der Waals surface area contributed by atoms with Gasteiger partial charge in [0.25, 0.3) is 0 Å². The number of aliphatic hydroxyl groups excluding tert-OH is 1. The minimum atomic E-state index is -3.65. The highest BCUT2D eigenvalue weighted by Gasteiger charge is 2.20. The van der Waals surface area contributed by atoms with Gasteiger partial charge in [-0.15, -0.1) is 0 Å².